The van der Waals surface area contributed by atoms with E-state index in [0.29, 0.717) is 29.8 Å². The van der Waals surface area contributed by atoms with E-state index >= 15 is 0 Å². The molecule has 2 saturated heterocycles. The van der Waals surface area contributed by atoms with Crippen LogP contribution in [0.1, 0.15) is 140 Å². The van der Waals surface area contributed by atoms with E-state index in [1.807, 2.05) is 6.07 Å². The number of rotatable bonds is 29. The monoisotopic (exact) mass is 924 g/mol. The van der Waals surface area contributed by atoms with Crippen LogP contribution in [0.25, 0.3) is 5.52 Å². The molecule has 5 rings (SSSR count). The second-order valence-electron chi connectivity index (χ2n) is 16.9. The summed E-state index contributed by atoms with van der Waals surface area (Å²) in [5.41, 5.74) is 5.57. The highest BCUT2D eigenvalue weighted by molar-refractivity contribution is 7.47. The summed E-state index contributed by atoms with van der Waals surface area (Å²) in [5.74, 6) is -1.53. The Bertz CT molecular complexity index is 2060. The summed E-state index contributed by atoms with van der Waals surface area (Å²) in [5, 5.41) is 24.0. The number of fused-ring (bicyclic) bond motifs is 2. The summed E-state index contributed by atoms with van der Waals surface area (Å²) in [7, 11) is -4.88. The highest BCUT2D eigenvalue weighted by Gasteiger charge is 2.65. The lowest BCUT2D eigenvalue weighted by molar-refractivity contribution is -0.204. The van der Waals surface area contributed by atoms with Crippen LogP contribution in [0.15, 0.2) is 36.7 Å². The second kappa shape index (κ2) is 24.1. The van der Waals surface area contributed by atoms with E-state index in [9.17, 15) is 37.5 Å². The van der Waals surface area contributed by atoms with Crippen molar-refractivity contribution in [3.8, 4) is 12.1 Å². The number of phosphoric ester groups is 1. The van der Waals surface area contributed by atoms with Gasteiger partial charge in [-0.3, -0.25) is 9.05 Å². The Kier molecular flexibility index (Phi) is 19.3. The van der Waals surface area contributed by atoms with E-state index in [1.54, 1.807) is 26.0 Å². The summed E-state index contributed by atoms with van der Waals surface area (Å²) in [6.07, 6.45) is 7.45. The molecule has 354 valence electrons. The zero-order valence-corrected chi connectivity index (χ0v) is 37.5. The van der Waals surface area contributed by atoms with Crippen LogP contribution in [0.3, 0.4) is 0 Å². The number of phosphoric acid groups is 1. The van der Waals surface area contributed by atoms with E-state index in [2.05, 4.69) is 16.2 Å². The van der Waals surface area contributed by atoms with Gasteiger partial charge in [-0.2, -0.15) is 28.8 Å². The first-order valence-corrected chi connectivity index (χ1v) is 23.6. The maximum atomic E-state index is 14.2. The summed E-state index contributed by atoms with van der Waals surface area (Å²) in [6.45, 7) is 2.35. The first-order chi connectivity index (χ1) is 30.5. The van der Waals surface area contributed by atoms with Crippen molar-refractivity contribution >= 4 is 19.2 Å². The molecule has 1 aromatic carbocycles. The second-order valence-corrected chi connectivity index (χ2v) is 18.4. The normalized spacial score (nSPS) is 22.0. The minimum Gasteiger partial charge on any atom is -0.382 e. The highest BCUT2D eigenvalue weighted by Crippen LogP contribution is 2.52. The van der Waals surface area contributed by atoms with Crippen molar-refractivity contribution in [1.29, 1.82) is 10.5 Å². The van der Waals surface area contributed by atoms with E-state index in [0.717, 1.165) is 76.7 Å². The van der Waals surface area contributed by atoms with Gasteiger partial charge in [-0.25, -0.2) is 18.5 Å². The summed E-state index contributed by atoms with van der Waals surface area (Å²) >= 11 is 0. The minimum absolute atomic E-state index is 0.0330. The average molecular weight is 925 g/mol. The fourth-order valence-corrected chi connectivity index (χ4v) is 8.76. The van der Waals surface area contributed by atoms with Crippen LogP contribution in [0, 0.1) is 28.5 Å². The van der Waals surface area contributed by atoms with E-state index < -0.39 is 75.3 Å². The van der Waals surface area contributed by atoms with Crippen LogP contribution < -0.4 is 5.73 Å². The van der Waals surface area contributed by atoms with Crippen LogP contribution >= 0.6 is 7.82 Å². The molecule has 0 amide bonds. The maximum Gasteiger partial charge on any atom is 0.472 e. The van der Waals surface area contributed by atoms with Gasteiger partial charge in [0.25, 0.3) is 0 Å². The zero-order valence-electron chi connectivity index (χ0n) is 36.6. The molecule has 3 N–H and O–H groups in total. The van der Waals surface area contributed by atoms with Crippen molar-refractivity contribution in [1.82, 2.24) is 14.6 Å². The molecule has 1 unspecified atom stereocenters. The largest absolute Gasteiger partial charge is 0.472 e. The number of halogens is 4. The number of hydrogen-bond acceptors (Lipinski definition) is 13. The van der Waals surface area contributed by atoms with Gasteiger partial charge in [0.1, 0.15) is 54.8 Å². The summed E-state index contributed by atoms with van der Waals surface area (Å²) in [6, 6.07) is 11.2. The van der Waals surface area contributed by atoms with Gasteiger partial charge in [-0.1, -0.05) is 83.5 Å². The van der Waals surface area contributed by atoms with Crippen molar-refractivity contribution in [2.75, 3.05) is 32.2 Å². The lowest BCUT2D eigenvalue weighted by Crippen LogP contribution is -2.45. The molecule has 2 aliphatic heterocycles. The standard InChI is InChI=1S/C44H61F4N6O9P/c1-42(2)61-39-38(36-18-19-37-41(51)52-31-53-54(36)37)62-43(29-50,40(39)63-42)30-60-64(55,56)59-28-35(58-26-33-22-32(25-49)23-34(45)24-33)27-57-21-17-15-13-11-9-7-5-3-4-6-8-10-12-14-16-20-44(46,47)48/h18-19,22-24,31,35,38-40H,3-17,20-21,26-28,30H2,1-2H3,(H,55,56)(H2,51,52,53)/t35-,38+,39+,40+,43-/m1/s1. The molecule has 2 fully saturated rings. The van der Waals surface area contributed by atoms with Crippen LogP contribution in [-0.4, -0.2) is 81.8 Å². The molecule has 2 aromatic heterocycles. The molecule has 4 heterocycles. The van der Waals surface area contributed by atoms with E-state index in [4.69, 9.17) is 38.5 Å². The number of anilines is 1. The first-order valence-electron chi connectivity index (χ1n) is 22.1. The smallest absolute Gasteiger partial charge is 0.382 e. The van der Waals surface area contributed by atoms with Gasteiger partial charge in [0.15, 0.2) is 11.6 Å². The fraction of sp³-hybridized carbons (Fsp3) is 0.682. The molecule has 0 saturated carbocycles. The number of unbranched alkanes of at least 4 members (excludes halogenated alkanes) is 14. The van der Waals surface area contributed by atoms with Crippen LogP contribution in [0.5, 0.6) is 0 Å². The van der Waals surface area contributed by atoms with E-state index in [-0.39, 0.29) is 31.0 Å². The Morgan fingerprint density at radius 1 is 0.906 bits per heavy atom. The lowest BCUT2D eigenvalue weighted by atomic mass is 9.96. The van der Waals surface area contributed by atoms with Gasteiger partial charge < -0.3 is 34.3 Å². The Morgan fingerprint density at radius 2 is 1.55 bits per heavy atom. The molecule has 20 heteroatoms. The molecule has 3 aromatic rings. The number of nitrogens with zero attached hydrogens (tertiary/aromatic N) is 5. The Labute approximate surface area is 372 Å². The lowest BCUT2D eigenvalue weighted by Gasteiger charge is -2.29. The zero-order chi connectivity index (χ0) is 46.2. The quantitative estimate of drug-likeness (QED) is 0.0378. The number of nitriles is 2. The summed E-state index contributed by atoms with van der Waals surface area (Å²) < 4.78 is 107. The number of nitrogens with two attached hydrogens (primary N) is 1. The number of benzene rings is 1. The number of nitrogen functional groups attached to an aromatic ring is 1. The predicted octanol–water partition coefficient (Wildman–Crippen LogP) is 9.72. The number of alkyl halides is 3. The van der Waals surface area contributed by atoms with Crippen molar-refractivity contribution in [2.24, 2.45) is 0 Å². The molecule has 2 aliphatic rings. The van der Waals surface area contributed by atoms with Gasteiger partial charge in [0.2, 0.25) is 5.60 Å². The molecule has 64 heavy (non-hydrogen) atoms. The van der Waals surface area contributed by atoms with Crippen LogP contribution in [-0.2, 0) is 43.9 Å². The number of aromatic nitrogens is 3. The Morgan fingerprint density at radius 3 is 2.17 bits per heavy atom. The van der Waals surface area contributed by atoms with Crippen molar-refractivity contribution in [2.45, 2.75) is 165 Å². The molecule has 0 radical (unpaired) electrons. The molecule has 6 atom stereocenters. The molecule has 0 bridgehead atoms. The average Bonchev–Trinajstić information content (AvgIpc) is 3.91. The summed E-state index contributed by atoms with van der Waals surface area (Å²) in [4.78, 5) is 14.9. The minimum atomic E-state index is -4.88. The number of ether oxygens (including phenoxy) is 5. The topological polar surface area (TPSA) is 206 Å². The van der Waals surface area contributed by atoms with Gasteiger partial charge in [-0.15, -0.1) is 0 Å². The van der Waals surface area contributed by atoms with E-state index in [1.165, 1.54) is 35.8 Å². The van der Waals surface area contributed by atoms with Crippen LogP contribution in [0.2, 0.25) is 0 Å². The van der Waals surface area contributed by atoms with Gasteiger partial charge in [-0.05, 0) is 62.6 Å². The third-order valence-corrected chi connectivity index (χ3v) is 12.1. The molecule has 0 spiro atoms. The van der Waals surface area contributed by atoms with Crippen molar-refractivity contribution in [3.05, 3.63) is 59.3 Å². The predicted molar refractivity (Wildman–Crippen MR) is 226 cm³/mol. The fourth-order valence-electron chi connectivity index (χ4n) is 7.98. The number of hydrogen-bond donors (Lipinski definition) is 2. The maximum absolute atomic E-state index is 14.2. The third-order valence-electron chi connectivity index (χ3n) is 11.2. The highest BCUT2D eigenvalue weighted by atomic mass is 31.2. The van der Waals surface area contributed by atoms with Gasteiger partial charge in [0, 0.05) is 13.0 Å². The molecule has 15 nitrogen and oxygen atoms in total. The van der Waals surface area contributed by atoms with Crippen LogP contribution in [0.4, 0.5) is 23.4 Å². The Balaban J connectivity index is 1.05. The molecular weight excluding hydrogens is 863 g/mol. The Hall–Kier alpha value is -3.75. The first kappa shape index (κ1) is 51.2. The molecule has 0 aliphatic carbocycles. The van der Waals surface area contributed by atoms with Crippen molar-refractivity contribution in [3.63, 3.8) is 0 Å². The molecular formula is C44H61F4N6O9P. The van der Waals surface area contributed by atoms with Gasteiger partial charge in [0.05, 0.1) is 37.1 Å². The van der Waals surface area contributed by atoms with Gasteiger partial charge >= 0.3 is 14.0 Å². The third kappa shape index (κ3) is 15.7. The SMILES string of the molecule is CC1(C)O[C@H]2[C@H](c3ccc4c(N)ncnn34)O[C@](C#N)(COP(=O)(O)OC[C@@H](COCCCCCCCCCCCCCCCCCC(F)(F)F)OCc3cc(F)cc(C#N)c3)[C@H]2O1. The van der Waals surface area contributed by atoms with Crippen molar-refractivity contribution < 1.29 is 59.8 Å².